The van der Waals surface area contributed by atoms with E-state index in [0.717, 1.165) is 37.3 Å². The molecule has 0 aromatic carbocycles. The fraction of sp³-hybridized carbons (Fsp3) is 0.714. The van der Waals surface area contributed by atoms with E-state index in [4.69, 9.17) is 4.74 Å². The standard InChI is InChI=1S/C14H23N3O/c1-3-15-10-12-9-11(2)16-14(17-12)18-13-7-5-4-6-8-13/h9,13,15H,3-8,10H2,1-2H3. The molecule has 0 atom stereocenters. The van der Waals surface area contributed by atoms with E-state index in [9.17, 15) is 0 Å². The normalized spacial score (nSPS) is 16.8. The van der Waals surface area contributed by atoms with E-state index < -0.39 is 0 Å². The summed E-state index contributed by atoms with van der Waals surface area (Å²) in [6.45, 7) is 5.81. The van der Waals surface area contributed by atoms with Crippen LogP contribution in [0.15, 0.2) is 6.07 Å². The highest BCUT2D eigenvalue weighted by Gasteiger charge is 2.16. The Labute approximate surface area is 109 Å². The maximum Gasteiger partial charge on any atom is 0.317 e. The van der Waals surface area contributed by atoms with E-state index in [1.54, 1.807) is 0 Å². The fourth-order valence-corrected chi connectivity index (χ4v) is 2.33. The van der Waals surface area contributed by atoms with Gasteiger partial charge in [0.25, 0.3) is 0 Å². The average Bonchev–Trinajstić information content (AvgIpc) is 2.37. The maximum atomic E-state index is 5.91. The molecule has 0 unspecified atom stereocenters. The van der Waals surface area contributed by atoms with E-state index in [2.05, 4.69) is 22.2 Å². The van der Waals surface area contributed by atoms with Gasteiger partial charge in [-0.3, -0.25) is 0 Å². The van der Waals surface area contributed by atoms with Gasteiger partial charge in [0.2, 0.25) is 0 Å². The molecule has 1 N–H and O–H groups in total. The summed E-state index contributed by atoms with van der Waals surface area (Å²) in [7, 11) is 0. The monoisotopic (exact) mass is 249 g/mol. The summed E-state index contributed by atoms with van der Waals surface area (Å²) >= 11 is 0. The minimum Gasteiger partial charge on any atom is -0.460 e. The van der Waals surface area contributed by atoms with Gasteiger partial charge >= 0.3 is 6.01 Å². The van der Waals surface area contributed by atoms with Crippen LogP contribution in [0, 0.1) is 6.92 Å². The van der Waals surface area contributed by atoms with Crippen LogP contribution in [-0.4, -0.2) is 22.6 Å². The van der Waals surface area contributed by atoms with Gasteiger partial charge in [-0.25, -0.2) is 4.98 Å². The van der Waals surface area contributed by atoms with Crippen molar-refractivity contribution in [2.24, 2.45) is 0 Å². The molecule has 1 aromatic rings. The Morgan fingerprint density at radius 1 is 1.28 bits per heavy atom. The van der Waals surface area contributed by atoms with E-state index in [1.807, 2.05) is 13.0 Å². The minimum atomic E-state index is 0.313. The average molecular weight is 249 g/mol. The summed E-state index contributed by atoms with van der Waals surface area (Å²) in [6.07, 6.45) is 6.45. The van der Waals surface area contributed by atoms with Gasteiger partial charge in [0.05, 0.1) is 5.69 Å². The van der Waals surface area contributed by atoms with Crippen LogP contribution in [0.1, 0.15) is 50.4 Å². The van der Waals surface area contributed by atoms with Crippen molar-refractivity contribution in [3.05, 3.63) is 17.5 Å². The number of nitrogens with one attached hydrogen (secondary N) is 1. The SMILES string of the molecule is CCNCc1cc(C)nc(OC2CCCCC2)n1. The Kier molecular flexibility index (Phi) is 4.93. The molecule has 4 nitrogen and oxygen atoms in total. The number of hydrogen-bond acceptors (Lipinski definition) is 4. The van der Waals surface area contributed by atoms with Crippen molar-refractivity contribution in [2.45, 2.75) is 58.6 Å². The molecule has 1 aliphatic carbocycles. The third-order valence-electron chi connectivity index (χ3n) is 3.27. The second kappa shape index (κ2) is 6.69. The van der Waals surface area contributed by atoms with Crippen LogP contribution in [0.4, 0.5) is 0 Å². The van der Waals surface area contributed by atoms with Crippen LogP contribution >= 0.6 is 0 Å². The van der Waals surface area contributed by atoms with Crippen LogP contribution in [0.5, 0.6) is 6.01 Å². The molecule has 2 rings (SSSR count). The van der Waals surface area contributed by atoms with Gasteiger partial charge < -0.3 is 10.1 Å². The Morgan fingerprint density at radius 2 is 2.06 bits per heavy atom. The van der Waals surface area contributed by atoms with Crippen LogP contribution < -0.4 is 10.1 Å². The molecule has 1 aliphatic rings. The summed E-state index contributed by atoms with van der Waals surface area (Å²) in [4.78, 5) is 8.84. The van der Waals surface area contributed by atoms with Gasteiger partial charge in [-0.05, 0) is 45.2 Å². The summed E-state index contributed by atoms with van der Waals surface area (Å²) in [5, 5.41) is 3.28. The first-order valence-electron chi connectivity index (χ1n) is 7.00. The quantitative estimate of drug-likeness (QED) is 0.871. The summed E-state index contributed by atoms with van der Waals surface area (Å²) in [5.41, 5.74) is 1.99. The van der Waals surface area contributed by atoms with Crippen molar-refractivity contribution in [3.8, 4) is 6.01 Å². The fourth-order valence-electron chi connectivity index (χ4n) is 2.33. The van der Waals surface area contributed by atoms with Gasteiger partial charge in [-0.15, -0.1) is 0 Å². The number of ether oxygens (including phenoxy) is 1. The van der Waals surface area contributed by atoms with Crippen molar-refractivity contribution >= 4 is 0 Å². The molecule has 18 heavy (non-hydrogen) atoms. The van der Waals surface area contributed by atoms with Gasteiger partial charge in [-0.1, -0.05) is 13.3 Å². The van der Waals surface area contributed by atoms with Gasteiger partial charge in [0, 0.05) is 12.2 Å². The Bertz CT molecular complexity index is 375. The third kappa shape index (κ3) is 3.95. The zero-order valence-electron chi connectivity index (χ0n) is 11.4. The summed E-state index contributed by atoms with van der Waals surface area (Å²) in [6, 6.07) is 2.56. The zero-order chi connectivity index (χ0) is 12.8. The first-order valence-corrected chi connectivity index (χ1v) is 7.00. The molecule has 0 saturated heterocycles. The lowest BCUT2D eigenvalue weighted by molar-refractivity contribution is 0.141. The second-order valence-electron chi connectivity index (χ2n) is 4.94. The topological polar surface area (TPSA) is 47.0 Å². The smallest absolute Gasteiger partial charge is 0.317 e. The first-order chi connectivity index (χ1) is 8.78. The highest BCUT2D eigenvalue weighted by Crippen LogP contribution is 2.21. The molecule has 1 fully saturated rings. The highest BCUT2D eigenvalue weighted by molar-refractivity contribution is 5.12. The second-order valence-corrected chi connectivity index (χ2v) is 4.94. The number of hydrogen-bond donors (Lipinski definition) is 1. The Morgan fingerprint density at radius 3 is 2.78 bits per heavy atom. The number of aryl methyl sites for hydroxylation is 1. The zero-order valence-corrected chi connectivity index (χ0v) is 11.4. The number of nitrogens with zero attached hydrogens (tertiary/aromatic N) is 2. The summed E-state index contributed by atoms with van der Waals surface area (Å²) in [5.74, 6) is 0. The Hall–Kier alpha value is -1.16. The molecule has 0 radical (unpaired) electrons. The predicted molar refractivity (Wildman–Crippen MR) is 71.7 cm³/mol. The predicted octanol–water partition coefficient (Wildman–Crippen LogP) is 2.61. The summed E-state index contributed by atoms with van der Waals surface area (Å²) < 4.78 is 5.91. The molecule has 100 valence electrons. The molecule has 1 aromatic heterocycles. The lowest BCUT2D eigenvalue weighted by atomic mass is 9.98. The van der Waals surface area contributed by atoms with Crippen LogP contribution in [-0.2, 0) is 6.54 Å². The maximum absolute atomic E-state index is 5.91. The van der Waals surface area contributed by atoms with Crippen molar-refractivity contribution in [3.63, 3.8) is 0 Å². The first kappa shape index (κ1) is 13.3. The molecule has 1 heterocycles. The van der Waals surface area contributed by atoms with Crippen LogP contribution in [0.25, 0.3) is 0 Å². The molecular weight excluding hydrogens is 226 g/mol. The van der Waals surface area contributed by atoms with Crippen LogP contribution in [0.2, 0.25) is 0 Å². The highest BCUT2D eigenvalue weighted by atomic mass is 16.5. The molecule has 0 spiro atoms. The third-order valence-corrected chi connectivity index (χ3v) is 3.27. The van der Waals surface area contributed by atoms with Gasteiger partial charge in [0.15, 0.2) is 0 Å². The molecular formula is C14H23N3O. The van der Waals surface area contributed by atoms with Crippen molar-refractivity contribution < 1.29 is 4.74 Å². The molecule has 4 heteroatoms. The molecule has 0 amide bonds. The Balaban J connectivity index is 1.99. The number of aromatic nitrogens is 2. The lowest BCUT2D eigenvalue weighted by Crippen LogP contribution is -2.21. The molecule has 0 aliphatic heterocycles. The van der Waals surface area contributed by atoms with Crippen molar-refractivity contribution in [1.29, 1.82) is 0 Å². The van der Waals surface area contributed by atoms with Crippen molar-refractivity contribution in [1.82, 2.24) is 15.3 Å². The minimum absolute atomic E-state index is 0.313. The van der Waals surface area contributed by atoms with E-state index >= 15 is 0 Å². The largest absolute Gasteiger partial charge is 0.460 e. The van der Waals surface area contributed by atoms with E-state index in [1.165, 1.54) is 19.3 Å². The molecule has 1 saturated carbocycles. The van der Waals surface area contributed by atoms with Gasteiger partial charge in [-0.2, -0.15) is 4.98 Å². The van der Waals surface area contributed by atoms with Crippen molar-refractivity contribution in [2.75, 3.05) is 6.54 Å². The van der Waals surface area contributed by atoms with E-state index in [0.29, 0.717) is 12.1 Å². The van der Waals surface area contributed by atoms with E-state index in [-0.39, 0.29) is 0 Å². The van der Waals surface area contributed by atoms with Gasteiger partial charge in [0.1, 0.15) is 6.10 Å². The molecule has 0 bridgehead atoms. The van der Waals surface area contributed by atoms with Crippen LogP contribution in [0.3, 0.4) is 0 Å². The number of rotatable bonds is 5. The lowest BCUT2D eigenvalue weighted by Gasteiger charge is -2.22.